The van der Waals surface area contributed by atoms with Crippen LogP contribution >= 0.6 is 11.3 Å². The Bertz CT molecular complexity index is 981. The van der Waals surface area contributed by atoms with Gasteiger partial charge in [0.2, 0.25) is 0 Å². The van der Waals surface area contributed by atoms with Crippen LogP contribution in [-0.2, 0) is 0 Å². The monoisotopic (exact) mass is 375 g/mol. The second-order valence-electron chi connectivity index (χ2n) is 6.36. The number of nitriles is 1. The Labute approximate surface area is 163 Å². The third-order valence-electron chi connectivity index (χ3n) is 4.18. The first-order chi connectivity index (χ1) is 13.1. The Balaban J connectivity index is 1.78. The van der Waals surface area contributed by atoms with Gasteiger partial charge in [0.05, 0.1) is 12.8 Å². The van der Waals surface area contributed by atoms with E-state index in [1.807, 2.05) is 41.8 Å². The van der Waals surface area contributed by atoms with Crippen LogP contribution < -0.4 is 10.1 Å². The molecule has 0 unspecified atom stereocenters. The molecule has 0 radical (unpaired) electrons. The standard InChI is InChI=1S/C22H21N3OS/c1-15(2)16-7-9-19(10-8-16)24-13-18(12-23)22-25-21(14-27-22)17-5-4-6-20(11-17)26-3/h4-11,13-15,24H,1-3H3. The molecule has 5 heteroatoms. The average molecular weight is 375 g/mol. The number of nitrogens with one attached hydrogen (secondary N) is 1. The fraction of sp³-hybridized carbons (Fsp3) is 0.182. The largest absolute Gasteiger partial charge is 0.497 e. The van der Waals surface area contributed by atoms with E-state index >= 15 is 0 Å². The summed E-state index contributed by atoms with van der Waals surface area (Å²) < 4.78 is 5.26. The Morgan fingerprint density at radius 1 is 1.22 bits per heavy atom. The number of rotatable bonds is 6. The zero-order valence-corrected chi connectivity index (χ0v) is 16.4. The summed E-state index contributed by atoms with van der Waals surface area (Å²) >= 11 is 1.45. The summed E-state index contributed by atoms with van der Waals surface area (Å²) in [6, 6.07) is 18.2. The molecular formula is C22H21N3OS. The van der Waals surface area contributed by atoms with Crippen LogP contribution in [0.1, 0.15) is 30.3 Å². The van der Waals surface area contributed by atoms with Gasteiger partial charge in [-0.2, -0.15) is 5.26 Å². The normalized spacial score (nSPS) is 11.3. The highest BCUT2D eigenvalue weighted by atomic mass is 32.1. The van der Waals surface area contributed by atoms with Gasteiger partial charge in [0, 0.05) is 22.8 Å². The maximum Gasteiger partial charge on any atom is 0.136 e. The summed E-state index contributed by atoms with van der Waals surface area (Å²) in [5, 5.41) is 15.3. The van der Waals surface area contributed by atoms with Crippen molar-refractivity contribution in [2.45, 2.75) is 19.8 Å². The number of anilines is 1. The van der Waals surface area contributed by atoms with Crippen LogP contribution in [0.15, 0.2) is 60.1 Å². The smallest absolute Gasteiger partial charge is 0.136 e. The molecular weight excluding hydrogens is 354 g/mol. The molecule has 4 nitrogen and oxygen atoms in total. The van der Waals surface area contributed by atoms with Crippen molar-refractivity contribution >= 4 is 22.6 Å². The summed E-state index contributed by atoms with van der Waals surface area (Å²) in [5.41, 5.74) is 4.52. The number of benzene rings is 2. The molecule has 0 fully saturated rings. The first-order valence-electron chi connectivity index (χ1n) is 8.68. The number of hydrogen-bond acceptors (Lipinski definition) is 5. The van der Waals surface area contributed by atoms with Gasteiger partial charge in [-0.15, -0.1) is 11.3 Å². The van der Waals surface area contributed by atoms with Crippen molar-refractivity contribution in [3.05, 3.63) is 70.7 Å². The first kappa shape index (κ1) is 18.7. The second-order valence-corrected chi connectivity index (χ2v) is 7.22. The Kier molecular flexibility index (Phi) is 5.90. The summed E-state index contributed by atoms with van der Waals surface area (Å²) in [5.74, 6) is 1.28. The molecule has 2 aromatic carbocycles. The van der Waals surface area contributed by atoms with E-state index in [1.165, 1.54) is 16.9 Å². The number of aromatic nitrogens is 1. The molecule has 0 saturated carbocycles. The molecule has 0 spiro atoms. The van der Waals surface area contributed by atoms with Crippen LogP contribution in [0.3, 0.4) is 0 Å². The molecule has 3 aromatic rings. The van der Waals surface area contributed by atoms with E-state index in [0.29, 0.717) is 16.5 Å². The predicted octanol–water partition coefficient (Wildman–Crippen LogP) is 5.92. The lowest BCUT2D eigenvalue weighted by atomic mass is 10.0. The maximum absolute atomic E-state index is 9.52. The van der Waals surface area contributed by atoms with Crippen molar-refractivity contribution < 1.29 is 4.74 Å². The van der Waals surface area contributed by atoms with Gasteiger partial charge in [-0.25, -0.2) is 4.98 Å². The van der Waals surface area contributed by atoms with E-state index in [2.05, 4.69) is 42.4 Å². The third kappa shape index (κ3) is 4.55. The fourth-order valence-electron chi connectivity index (χ4n) is 2.57. The van der Waals surface area contributed by atoms with Gasteiger partial charge in [0.1, 0.15) is 22.4 Å². The van der Waals surface area contributed by atoms with Gasteiger partial charge in [0.15, 0.2) is 0 Å². The number of ether oxygens (including phenoxy) is 1. The number of thiazole rings is 1. The van der Waals surface area contributed by atoms with Crippen molar-refractivity contribution in [2.24, 2.45) is 0 Å². The molecule has 0 amide bonds. The Morgan fingerprint density at radius 2 is 2.00 bits per heavy atom. The van der Waals surface area contributed by atoms with E-state index in [-0.39, 0.29) is 0 Å². The van der Waals surface area contributed by atoms with Gasteiger partial charge < -0.3 is 10.1 Å². The highest BCUT2D eigenvalue weighted by Crippen LogP contribution is 2.28. The first-order valence-corrected chi connectivity index (χ1v) is 9.55. The highest BCUT2D eigenvalue weighted by Gasteiger charge is 2.09. The van der Waals surface area contributed by atoms with Gasteiger partial charge >= 0.3 is 0 Å². The Hall–Kier alpha value is -3.10. The minimum atomic E-state index is 0.495. The SMILES string of the molecule is COc1cccc(-c2csc(C(C#N)=CNc3ccc(C(C)C)cc3)n2)c1. The molecule has 0 saturated heterocycles. The second kappa shape index (κ2) is 8.52. The predicted molar refractivity (Wildman–Crippen MR) is 112 cm³/mol. The van der Waals surface area contributed by atoms with Gasteiger partial charge in [-0.05, 0) is 35.7 Å². The average Bonchev–Trinajstić information content (AvgIpc) is 3.19. The van der Waals surface area contributed by atoms with Crippen molar-refractivity contribution in [3.63, 3.8) is 0 Å². The number of methoxy groups -OCH3 is 1. The molecule has 136 valence electrons. The minimum absolute atomic E-state index is 0.495. The zero-order valence-electron chi connectivity index (χ0n) is 15.6. The summed E-state index contributed by atoms with van der Waals surface area (Å²) in [4.78, 5) is 4.61. The lowest BCUT2D eigenvalue weighted by molar-refractivity contribution is 0.415. The van der Waals surface area contributed by atoms with E-state index < -0.39 is 0 Å². The van der Waals surface area contributed by atoms with Crippen LogP contribution in [0.5, 0.6) is 5.75 Å². The van der Waals surface area contributed by atoms with Crippen LogP contribution in [0.2, 0.25) is 0 Å². The van der Waals surface area contributed by atoms with Crippen molar-refractivity contribution in [3.8, 4) is 23.1 Å². The highest BCUT2D eigenvalue weighted by molar-refractivity contribution is 7.11. The van der Waals surface area contributed by atoms with Gasteiger partial charge in [-0.1, -0.05) is 38.1 Å². The molecule has 0 aliphatic rings. The zero-order chi connectivity index (χ0) is 19.2. The van der Waals surface area contributed by atoms with Crippen molar-refractivity contribution in [1.82, 2.24) is 4.98 Å². The topological polar surface area (TPSA) is 57.9 Å². The summed E-state index contributed by atoms with van der Waals surface area (Å²) in [6.45, 7) is 4.33. The van der Waals surface area contributed by atoms with Crippen LogP contribution in [-0.4, -0.2) is 12.1 Å². The lowest BCUT2D eigenvalue weighted by Crippen LogP contribution is -1.92. The van der Waals surface area contributed by atoms with E-state index in [4.69, 9.17) is 4.74 Å². The molecule has 1 N–H and O–H groups in total. The van der Waals surface area contributed by atoms with E-state index in [9.17, 15) is 5.26 Å². The molecule has 1 heterocycles. The van der Waals surface area contributed by atoms with Crippen LogP contribution in [0, 0.1) is 11.3 Å². The van der Waals surface area contributed by atoms with E-state index in [0.717, 1.165) is 22.7 Å². The van der Waals surface area contributed by atoms with E-state index in [1.54, 1.807) is 13.3 Å². The summed E-state index contributed by atoms with van der Waals surface area (Å²) in [6.07, 6.45) is 1.71. The lowest BCUT2D eigenvalue weighted by Gasteiger charge is -2.06. The number of allylic oxidation sites excluding steroid dienone is 1. The van der Waals surface area contributed by atoms with Crippen LogP contribution in [0.4, 0.5) is 5.69 Å². The van der Waals surface area contributed by atoms with Crippen LogP contribution in [0.25, 0.3) is 16.8 Å². The maximum atomic E-state index is 9.52. The molecule has 1 aromatic heterocycles. The Morgan fingerprint density at radius 3 is 2.67 bits per heavy atom. The number of nitrogens with zero attached hydrogens (tertiary/aromatic N) is 2. The molecule has 0 atom stereocenters. The van der Waals surface area contributed by atoms with Crippen molar-refractivity contribution in [2.75, 3.05) is 12.4 Å². The molecule has 27 heavy (non-hydrogen) atoms. The minimum Gasteiger partial charge on any atom is -0.497 e. The van der Waals surface area contributed by atoms with Crippen molar-refractivity contribution in [1.29, 1.82) is 5.26 Å². The molecule has 0 aliphatic carbocycles. The molecule has 0 aliphatic heterocycles. The molecule has 0 bridgehead atoms. The number of hydrogen-bond donors (Lipinski definition) is 1. The van der Waals surface area contributed by atoms with Gasteiger partial charge in [-0.3, -0.25) is 0 Å². The quantitative estimate of drug-likeness (QED) is 0.543. The van der Waals surface area contributed by atoms with Gasteiger partial charge in [0.25, 0.3) is 0 Å². The summed E-state index contributed by atoms with van der Waals surface area (Å²) in [7, 11) is 1.64. The third-order valence-corrected chi connectivity index (χ3v) is 5.06. The fourth-order valence-corrected chi connectivity index (χ4v) is 3.37. The molecule has 3 rings (SSSR count).